The maximum Gasteiger partial charge on any atom is 0.272 e. The molecule has 1 atom stereocenters. The molecule has 0 aliphatic carbocycles. The number of amides is 3. The summed E-state index contributed by atoms with van der Waals surface area (Å²) in [5.74, 6) is -0.987. The van der Waals surface area contributed by atoms with Gasteiger partial charge < -0.3 is 20.5 Å². The average molecular weight is 559 g/mol. The van der Waals surface area contributed by atoms with Gasteiger partial charge >= 0.3 is 0 Å². The van der Waals surface area contributed by atoms with Gasteiger partial charge in [0.1, 0.15) is 17.3 Å². The Morgan fingerprint density at radius 1 is 0.975 bits per heavy atom. The maximum atomic E-state index is 14.4. The number of nitrogens with one attached hydrogen (secondary N) is 3. The number of benzene rings is 3. The minimum Gasteiger partial charge on any atom is -0.360 e. The molecule has 3 N–H and O–H groups in total. The molecule has 0 aliphatic heterocycles. The molecule has 4 aromatic rings. The normalized spacial score (nSPS) is 11.9. The summed E-state index contributed by atoms with van der Waals surface area (Å²) in [4.78, 5) is 39.6. The fourth-order valence-corrected chi connectivity index (χ4v) is 4.67. The van der Waals surface area contributed by atoms with E-state index in [0.29, 0.717) is 29.2 Å². The Bertz CT molecular complexity index is 1540. The largest absolute Gasteiger partial charge is 0.360 e. The molecule has 0 spiro atoms. The molecule has 0 saturated carbocycles. The molecule has 4 rings (SSSR count). The van der Waals surface area contributed by atoms with Crippen molar-refractivity contribution in [1.82, 2.24) is 10.5 Å². The second kappa shape index (κ2) is 13.4. The minimum atomic E-state index is -0.638. The fraction of sp³-hybridized carbons (Fsp3) is 0.133. The highest BCUT2D eigenvalue weighted by Gasteiger charge is 2.20. The molecule has 1 aromatic heterocycles. The lowest BCUT2D eigenvalue weighted by atomic mass is 10.1. The number of aryl methyl sites for hydroxylation is 1. The van der Waals surface area contributed by atoms with E-state index < -0.39 is 22.9 Å². The third-order valence-corrected chi connectivity index (χ3v) is 7.00. The van der Waals surface area contributed by atoms with Gasteiger partial charge in [-0.05, 0) is 55.8 Å². The van der Waals surface area contributed by atoms with Crippen LogP contribution in [-0.4, -0.2) is 28.1 Å². The van der Waals surface area contributed by atoms with Gasteiger partial charge in [0.05, 0.1) is 5.25 Å². The Hall–Kier alpha value is -4.70. The lowest BCUT2D eigenvalue weighted by Crippen LogP contribution is -2.30. The van der Waals surface area contributed by atoms with E-state index in [-0.39, 0.29) is 17.2 Å². The van der Waals surface area contributed by atoms with Crippen LogP contribution in [0.4, 0.5) is 15.9 Å². The van der Waals surface area contributed by atoms with Crippen LogP contribution in [0.25, 0.3) is 6.08 Å². The van der Waals surface area contributed by atoms with Crippen LogP contribution in [0.1, 0.15) is 35.0 Å². The summed E-state index contributed by atoms with van der Waals surface area (Å²) in [7, 11) is 0. The molecule has 204 valence electrons. The SMILES string of the molecule is CCC(Sc1cccc(NC(=O)/C(=C/c2ccccc2F)NC(=O)c2ccccc2)c1)C(=O)Nc1cc(C)on1. The number of hydrogen-bond acceptors (Lipinski definition) is 6. The van der Waals surface area contributed by atoms with Gasteiger partial charge in [0.2, 0.25) is 5.91 Å². The molecule has 10 heteroatoms. The van der Waals surface area contributed by atoms with E-state index in [2.05, 4.69) is 21.1 Å². The minimum absolute atomic E-state index is 0.134. The number of nitrogens with zero attached hydrogens (tertiary/aromatic N) is 1. The van der Waals surface area contributed by atoms with Crippen molar-refractivity contribution in [3.8, 4) is 0 Å². The summed E-state index contributed by atoms with van der Waals surface area (Å²) in [6.07, 6.45) is 1.83. The summed E-state index contributed by atoms with van der Waals surface area (Å²) in [6, 6.07) is 22.9. The van der Waals surface area contributed by atoms with Crippen LogP contribution in [0, 0.1) is 12.7 Å². The van der Waals surface area contributed by atoms with Crippen LogP contribution in [0.5, 0.6) is 0 Å². The second-order valence-corrected chi connectivity index (χ2v) is 9.98. The van der Waals surface area contributed by atoms with E-state index in [4.69, 9.17) is 4.52 Å². The van der Waals surface area contributed by atoms with Crippen LogP contribution in [-0.2, 0) is 9.59 Å². The predicted octanol–water partition coefficient (Wildman–Crippen LogP) is 6.04. The number of halogens is 1. The van der Waals surface area contributed by atoms with Crippen molar-refractivity contribution in [2.24, 2.45) is 0 Å². The summed E-state index contributed by atoms with van der Waals surface area (Å²) in [5, 5.41) is 11.5. The van der Waals surface area contributed by atoms with Gasteiger partial charge in [0.25, 0.3) is 11.8 Å². The second-order valence-electron chi connectivity index (χ2n) is 8.71. The Morgan fingerprint density at radius 2 is 1.73 bits per heavy atom. The van der Waals surface area contributed by atoms with Crippen molar-refractivity contribution in [3.63, 3.8) is 0 Å². The first-order valence-electron chi connectivity index (χ1n) is 12.5. The van der Waals surface area contributed by atoms with Crippen molar-refractivity contribution in [2.45, 2.75) is 30.4 Å². The molecule has 0 saturated heterocycles. The Balaban J connectivity index is 1.51. The van der Waals surface area contributed by atoms with Crippen LogP contribution in [0.15, 0.2) is 100 Å². The number of anilines is 2. The third kappa shape index (κ3) is 7.67. The number of aromatic nitrogens is 1. The molecular weight excluding hydrogens is 531 g/mol. The summed E-state index contributed by atoms with van der Waals surface area (Å²) in [5.41, 5.74) is 0.790. The lowest BCUT2D eigenvalue weighted by molar-refractivity contribution is -0.116. The summed E-state index contributed by atoms with van der Waals surface area (Å²) >= 11 is 1.33. The molecule has 40 heavy (non-hydrogen) atoms. The number of hydrogen-bond donors (Lipinski definition) is 3. The highest BCUT2D eigenvalue weighted by molar-refractivity contribution is 8.00. The zero-order valence-electron chi connectivity index (χ0n) is 21.8. The summed E-state index contributed by atoms with van der Waals surface area (Å²) < 4.78 is 19.4. The highest BCUT2D eigenvalue weighted by Crippen LogP contribution is 2.29. The molecule has 1 heterocycles. The average Bonchev–Trinajstić information content (AvgIpc) is 3.37. The summed E-state index contributed by atoms with van der Waals surface area (Å²) in [6.45, 7) is 3.63. The van der Waals surface area contributed by atoms with Crippen molar-refractivity contribution in [2.75, 3.05) is 10.6 Å². The van der Waals surface area contributed by atoms with Crippen molar-refractivity contribution in [3.05, 3.63) is 113 Å². The highest BCUT2D eigenvalue weighted by atomic mass is 32.2. The van der Waals surface area contributed by atoms with Gasteiger partial charge in [-0.15, -0.1) is 11.8 Å². The van der Waals surface area contributed by atoms with Gasteiger partial charge in [-0.25, -0.2) is 4.39 Å². The number of thioether (sulfide) groups is 1. The smallest absolute Gasteiger partial charge is 0.272 e. The molecule has 0 fully saturated rings. The first kappa shape index (κ1) is 28.3. The Morgan fingerprint density at radius 3 is 2.42 bits per heavy atom. The van der Waals surface area contributed by atoms with Gasteiger partial charge in [-0.1, -0.05) is 54.5 Å². The molecule has 3 aromatic carbocycles. The molecule has 0 aliphatic rings. The zero-order valence-corrected chi connectivity index (χ0v) is 22.6. The van der Waals surface area contributed by atoms with Crippen LogP contribution >= 0.6 is 11.8 Å². The number of rotatable bonds is 10. The first-order chi connectivity index (χ1) is 19.3. The molecule has 8 nitrogen and oxygen atoms in total. The third-order valence-electron chi connectivity index (χ3n) is 5.65. The molecule has 0 bridgehead atoms. The van der Waals surface area contributed by atoms with Crippen molar-refractivity contribution >= 4 is 47.1 Å². The first-order valence-corrected chi connectivity index (χ1v) is 13.3. The van der Waals surface area contributed by atoms with Crippen LogP contribution in [0.3, 0.4) is 0 Å². The van der Waals surface area contributed by atoms with E-state index >= 15 is 0 Å². The van der Waals surface area contributed by atoms with E-state index in [1.54, 1.807) is 67.6 Å². The van der Waals surface area contributed by atoms with E-state index in [0.717, 1.165) is 4.90 Å². The lowest BCUT2D eigenvalue weighted by Gasteiger charge is -2.15. The van der Waals surface area contributed by atoms with E-state index in [1.165, 1.54) is 36.0 Å². The maximum absolute atomic E-state index is 14.4. The van der Waals surface area contributed by atoms with Gasteiger partial charge in [-0.3, -0.25) is 14.4 Å². The topological polar surface area (TPSA) is 113 Å². The molecular formula is C30H27FN4O4S. The predicted molar refractivity (Wildman–Crippen MR) is 153 cm³/mol. The van der Waals surface area contributed by atoms with Crippen LogP contribution < -0.4 is 16.0 Å². The Kier molecular flexibility index (Phi) is 9.48. The fourth-order valence-electron chi connectivity index (χ4n) is 3.65. The Labute approximate surface area is 235 Å². The van der Waals surface area contributed by atoms with E-state index in [9.17, 15) is 18.8 Å². The van der Waals surface area contributed by atoms with Crippen molar-refractivity contribution in [1.29, 1.82) is 0 Å². The van der Waals surface area contributed by atoms with Crippen molar-refractivity contribution < 1.29 is 23.3 Å². The standard InChI is InChI=1S/C30H27FN4O4S/c1-3-26(30(38)34-27-16-19(2)39-35-27)40-23-14-9-13-22(18-23)32-29(37)25(17-21-12-7-8-15-24(21)31)33-28(36)20-10-5-4-6-11-20/h4-18,26H,3H2,1-2H3,(H,32,37)(H,33,36)(H,34,35,38)/b25-17-. The van der Waals surface area contributed by atoms with E-state index in [1.807, 2.05) is 13.0 Å². The quantitative estimate of drug-likeness (QED) is 0.162. The molecule has 3 amide bonds. The molecule has 0 radical (unpaired) electrons. The zero-order chi connectivity index (χ0) is 28.5. The number of carbonyl (C=O) groups is 3. The number of carbonyl (C=O) groups excluding carboxylic acids is 3. The molecule has 1 unspecified atom stereocenters. The van der Waals surface area contributed by atoms with Crippen LogP contribution in [0.2, 0.25) is 0 Å². The monoisotopic (exact) mass is 558 g/mol. The van der Waals surface area contributed by atoms with Gasteiger partial charge in [-0.2, -0.15) is 0 Å². The van der Waals surface area contributed by atoms with Gasteiger partial charge in [0, 0.05) is 27.8 Å². The van der Waals surface area contributed by atoms with Gasteiger partial charge in [0.15, 0.2) is 5.82 Å².